The number of nitrogens with zero attached hydrogens (tertiary/aromatic N) is 8. The Morgan fingerprint density at radius 3 is 2.56 bits per heavy atom. The average Bonchev–Trinajstić information content (AvgIpc) is 3.62. The molecule has 3 fully saturated rings. The summed E-state index contributed by atoms with van der Waals surface area (Å²) in [7, 11) is 1.50. The van der Waals surface area contributed by atoms with Crippen LogP contribution in [0.25, 0.3) is 0 Å². The molecule has 3 aliphatic heterocycles. The van der Waals surface area contributed by atoms with Gasteiger partial charge in [0, 0.05) is 62.3 Å². The Morgan fingerprint density at radius 1 is 1.17 bits per heavy atom. The Kier molecular flexibility index (Phi) is 12.0. The molecule has 4 heterocycles. The quantitative estimate of drug-likeness (QED) is 0.263. The van der Waals surface area contributed by atoms with Crippen LogP contribution in [-0.4, -0.2) is 123 Å². The Labute approximate surface area is 279 Å². The summed E-state index contributed by atoms with van der Waals surface area (Å²) >= 11 is 0. The van der Waals surface area contributed by atoms with Gasteiger partial charge in [-0.1, -0.05) is 0 Å². The van der Waals surface area contributed by atoms with Gasteiger partial charge in [-0.05, 0) is 62.3 Å². The van der Waals surface area contributed by atoms with Crippen molar-refractivity contribution in [1.82, 2.24) is 20.0 Å². The Hall–Kier alpha value is -4.97. The van der Waals surface area contributed by atoms with Crippen molar-refractivity contribution >= 4 is 36.2 Å². The molecule has 6 rings (SSSR count). The highest BCUT2D eigenvalue weighted by Gasteiger charge is 2.34. The second-order valence-corrected chi connectivity index (χ2v) is 11.5. The number of nitrogens with two attached hydrogens (primary N) is 1. The lowest BCUT2D eigenvalue weighted by Crippen LogP contribution is -2.56. The van der Waals surface area contributed by atoms with Crippen molar-refractivity contribution < 1.29 is 18.7 Å². The first-order valence-corrected chi connectivity index (χ1v) is 15.9. The molecule has 3 aliphatic rings. The fourth-order valence-corrected chi connectivity index (χ4v) is 5.81. The van der Waals surface area contributed by atoms with Gasteiger partial charge in [-0.3, -0.25) is 14.8 Å². The van der Waals surface area contributed by atoms with E-state index in [-0.39, 0.29) is 36.0 Å². The third-order valence-corrected chi connectivity index (χ3v) is 8.57. The van der Waals surface area contributed by atoms with E-state index in [9.17, 15) is 10.1 Å². The molecule has 3 saturated heterocycles. The van der Waals surface area contributed by atoms with Gasteiger partial charge in [0.25, 0.3) is 0 Å². The third kappa shape index (κ3) is 8.48. The number of rotatable bonds is 9. The number of nitriles is 1. The largest absolute Gasteiger partial charge is 0.486 e. The smallest absolute Gasteiger partial charge is 0.228 e. The number of nitrogens with one attached hydrogen (secondary N) is 1. The zero-order valence-electron chi connectivity index (χ0n) is 27.0. The molecule has 2 atom stereocenters. The number of piperidine rings is 1. The van der Waals surface area contributed by atoms with E-state index in [1.165, 1.54) is 18.3 Å². The highest BCUT2D eigenvalue weighted by molar-refractivity contribution is 6.05. The number of halogens is 1. The summed E-state index contributed by atoms with van der Waals surface area (Å²) in [6, 6.07) is 17.3. The lowest BCUT2D eigenvalue weighted by atomic mass is 10.0. The van der Waals surface area contributed by atoms with Crippen molar-refractivity contribution in [2.75, 3.05) is 64.4 Å². The maximum absolute atomic E-state index is 15.1. The lowest BCUT2D eigenvalue weighted by Gasteiger charge is -2.43. The summed E-state index contributed by atoms with van der Waals surface area (Å²) in [5, 5.41) is 16.4. The Bertz CT molecular complexity index is 1610. The molecule has 1 aromatic heterocycles. The molecule has 0 bridgehead atoms. The third-order valence-electron chi connectivity index (χ3n) is 8.57. The molecule has 3 aromatic rings. The number of alkyl halides is 1. The zero-order valence-corrected chi connectivity index (χ0v) is 27.0. The molecule has 48 heavy (non-hydrogen) atoms. The van der Waals surface area contributed by atoms with Crippen molar-refractivity contribution in [3.63, 3.8) is 0 Å². The number of carbonyl (C=O) groups excluding carboxylic acids is 1. The minimum atomic E-state index is -1.40. The second-order valence-electron chi connectivity index (χ2n) is 11.5. The van der Waals surface area contributed by atoms with E-state index in [2.05, 4.69) is 65.6 Å². The molecule has 252 valence electrons. The normalized spacial score (nSPS) is 20.4. The number of aromatic nitrogens is 2. The van der Waals surface area contributed by atoms with Gasteiger partial charge in [0.05, 0.1) is 43.5 Å². The highest BCUT2D eigenvalue weighted by atomic mass is 19.1. The minimum Gasteiger partial charge on any atom is -0.486 e. The van der Waals surface area contributed by atoms with Gasteiger partial charge in [0.1, 0.15) is 24.3 Å². The zero-order chi connectivity index (χ0) is 33.9. The summed E-state index contributed by atoms with van der Waals surface area (Å²) in [6.07, 6.45) is 1.22. The van der Waals surface area contributed by atoms with E-state index >= 15 is 4.39 Å². The summed E-state index contributed by atoms with van der Waals surface area (Å²) in [6.45, 7) is 9.61. The summed E-state index contributed by atoms with van der Waals surface area (Å²) in [5.41, 5.74) is 7.85. The topological polar surface area (TPSA) is 161 Å². The molecule has 0 radical (unpaired) electrons. The van der Waals surface area contributed by atoms with Crippen LogP contribution in [0.5, 0.6) is 5.75 Å². The fraction of sp³-hybridized carbons (Fsp3) is 0.412. The molecule has 3 N–H and O–H groups in total. The van der Waals surface area contributed by atoms with Gasteiger partial charge >= 0.3 is 0 Å². The fourth-order valence-electron chi connectivity index (χ4n) is 5.81. The summed E-state index contributed by atoms with van der Waals surface area (Å²) in [4.78, 5) is 31.7. The van der Waals surface area contributed by atoms with E-state index in [1.54, 1.807) is 30.5 Å². The first kappa shape index (κ1) is 34.4. The van der Waals surface area contributed by atoms with Crippen molar-refractivity contribution in [1.29, 1.82) is 5.26 Å². The number of benzene rings is 2. The molecule has 0 spiro atoms. The number of aromatic amines is 1. The van der Waals surface area contributed by atoms with E-state index < -0.39 is 12.3 Å². The molecule has 0 saturated carbocycles. The number of amides is 1. The predicted octanol–water partition coefficient (Wildman–Crippen LogP) is 2.74. The van der Waals surface area contributed by atoms with Crippen molar-refractivity contribution in [3.05, 3.63) is 71.5 Å². The van der Waals surface area contributed by atoms with Crippen molar-refractivity contribution in [2.45, 2.75) is 31.2 Å². The average molecular weight is 657 g/mol. The Balaban J connectivity index is 0.00000221. The first-order chi connectivity index (χ1) is 23.5. The molecule has 2 aromatic carbocycles. The molecule has 1 amide bonds. The number of amidine groups is 1. The van der Waals surface area contributed by atoms with Crippen LogP contribution in [0, 0.1) is 11.3 Å². The number of likely N-dealkylation sites (tertiary alicyclic amines) is 1. The SMILES string of the molecule is C=NC(=NC=Nc1ccc(N2CCN(C3COC3)CC2)cc1)c1ccc(O[C@H]2CCN(C(=O)Cc3ccn[nH]3)C[C@H]2F)c(C#N)c1.CN. The highest BCUT2D eigenvalue weighted by Crippen LogP contribution is 2.27. The minimum absolute atomic E-state index is 0.0789. The number of hydrogen-bond acceptors (Lipinski definition) is 9. The van der Waals surface area contributed by atoms with E-state index in [0.29, 0.717) is 30.3 Å². The first-order valence-electron chi connectivity index (χ1n) is 15.9. The number of H-pyrrole nitrogens is 1. The predicted molar refractivity (Wildman–Crippen MR) is 183 cm³/mol. The maximum atomic E-state index is 15.1. The van der Waals surface area contributed by atoms with Crippen molar-refractivity contribution in [2.24, 2.45) is 20.7 Å². The number of anilines is 1. The van der Waals surface area contributed by atoms with Crippen LogP contribution in [0.2, 0.25) is 0 Å². The van der Waals surface area contributed by atoms with Crippen molar-refractivity contribution in [3.8, 4) is 11.8 Å². The molecular weight excluding hydrogens is 615 g/mol. The van der Waals surface area contributed by atoms with Crippen LogP contribution in [0.4, 0.5) is 15.8 Å². The summed E-state index contributed by atoms with van der Waals surface area (Å²) < 4.78 is 26.3. The standard InChI is InChI=1S/C33H36FN9O3.CH5N/c1-36-33(38-22-37-25-3-5-27(6-4-25)41-12-14-42(15-13-41)28-20-45-21-28)23-2-7-30(24(16-23)18-35)46-31-9-11-43(19-29(31)34)32(44)17-26-8-10-39-40-26;1-2/h2-8,10,16,22,28-29,31H,1,9,11-15,17,19-21H2,(H,39,40);2H2,1H3/t29-,31+;/m1./s1. The number of hydrogen-bond donors (Lipinski definition) is 2. The molecule has 0 unspecified atom stereocenters. The van der Waals surface area contributed by atoms with Gasteiger partial charge in [-0.25, -0.2) is 19.4 Å². The molecule has 13 nitrogen and oxygen atoms in total. The number of piperazine rings is 1. The van der Waals surface area contributed by atoms with E-state index in [0.717, 1.165) is 50.8 Å². The van der Waals surface area contributed by atoms with Crippen LogP contribution in [0.15, 0.2) is 69.7 Å². The van der Waals surface area contributed by atoms with Crippen LogP contribution in [-0.2, 0) is 16.0 Å². The molecular formula is C34H41FN10O3. The maximum Gasteiger partial charge on any atom is 0.228 e. The lowest BCUT2D eigenvalue weighted by molar-refractivity contribution is -0.134. The summed E-state index contributed by atoms with van der Waals surface area (Å²) in [5.74, 6) is 0.360. The van der Waals surface area contributed by atoms with Gasteiger partial charge in [0.15, 0.2) is 12.0 Å². The second kappa shape index (κ2) is 16.7. The number of aliphatic imine (C=N–C) groups is 3. The Morgan fingerprint density at radius 2 is 1.94 bits per heavy atom. The van der Waals surface area contributed by atoms with E-state index in [1.807, 2.05) is 12.1 Å². The van der Waals surface area contributed by atoms with Gasteiger partial charge in [-0.2, -0.15) is 10.4 Å². The van der Waals surface area contributed by atoms with Crippen LogP contribution >= 0.6 is 0 Å². The number of ether oxygens (including phenoxy) is 2. The van der Waals surface area contributed by atoms with Crippen LogP contribution in [0.1, 0.15) is 23.2 Å². The molecule has 14 heteroatoms. The monoisotopic (exact) mass is 656 g/mol. The van der Waals surface area contributed by atoms with Gasteiger partial charge in [0.2, 0.25) is 5.91 Å². The van der Waals surface area contributed by atoms with Crippen LogP contribution in [0.3, 0.4) is 0 Å². The number of carbonyl (C=O) groups is 1. The molecule has 0 aliphatic carbocycles. The van der Waals surface area contributed by atoms with Crippen LogP contribution < -0.4 is 15.4 Å². The van der Waals surface area contributed by atoms with Gasteiger partial charge in [-0.15, -0.1) is 0 Å². The van der Waals surface area contributed by atoms with E-state index in [4.69, 9.17) is 9.47 Å². The van der Waals surface area contributed by atoms with Gasteiger partial charge < -0.3 is 25.0 Å².